The third kappa shape index (κ3) is 4.33. The van der Waals surface area contributed by atoms with Gasteiger partial charge in [-0.2, -0.15) is 0 Å². The normalized spacial score (nSPS) is 27.9. The molecule has 1 aliphatic heterocycles. The van der Waals surface area contributed by atoms with Crippen LogP contribution in [-0.2, 0) is 15.1 Å². The fourth-order valence-corrected chi connectivity index (χ4v) is 5.55. The Labute approximate surface area is 190 Å². The van der Waals surface area contributed by atoms with Gasteiger partial charge in [-0.25, -0.2) is 4.79 Å². The van der Waals surface area contributed by atoms with Crippen molar-refractivity contribution in [2.45, 2.75) is 49.6 Å². The van der Waals surface area contributed by atoms with Gasteiger partial charge in [0, 0.05) is 18.6 Å². The van der Waals surface area contributed by atoms with Gasteiger partial charge in [-0.05, 0) is 64.1 Å². The molecule has 1 aromatic rings. The first kappa shape index (κ1) is 22.6. The Bertz CT molecular complexity index is 860. The zero-order valence-corrected chi connectivity index (χ0v) is 19.2. The highest BCUT2D eigenvalue weighted by Crippen LogP contribution is 2.49. The number of carbonyl (C=O) groups excluding carboxylic acids is 3. The molecule has 0 bridgehead atoms. The van der Waals surface area contributed by atoms with Gasteiger partial charge in [-0.1, -0.05) is 30.3 Å². The molecule has 174 valence electrons. The summed E-state index contributed by atoms with van der Waals surface area (Å²) in [6.45, 7) is 1.09. The van der Waals surface area contributed by atoms with Crippen LogP contribution in [0.4, 0.5) is 4.79 Å². The lowest BCUT2D eigenvalue weighted by molar-refractivity contribution is -0.125. The van der Waals surface area contributed by atoms with Crippen molar-refractivity contribution in [3.8, 4) is 0 Å². The Morgan fingerprint density at radius 2 is 1.78 bits per heavy atom. The first-order chi connectivity index (χ1) is 15.3. The largest absolute Gasteiger partial charge is 0.368 e. The number of hydrogen-bond acceptors (Lipinski definition) is 4. The maximum atomic E-state index is 13.4. The quantitative estimate of drug-likeness (QED) is 0.639. The second-order valence-electron chi connectivity index (χ2n) is 9.95. The van der Waals surface area contributed by atoms with Gasteiger partial charge in [0.25, 0.3) is 0 Å². The molecular weight excluding hydrogens is 406 g/mol. The maximum Gasteiger partial charge on any atom is 0.321 e. The predicted molar refractivity (Wildman–Crippen MR) is 122 cm³/mol. The van der Waals surface area contributed by atoms with Gasteiger partial charge < -0.3 is 20.9 Å². The summed E-state index contributed by atoms with van der Waals surface area (Å²) in [5.41, 5.74) is 6.16. The van der Waals surface area contributed by atoms with Crippen molar-refractivity contribution in [3.63, 3.8) is 0 Å². The van der Waals surface area contributed by atoms with Gasteiger partial charge in [0.05, 0.1) is 12.1 Å². The average Bonchev–Trinajstić information content (AvgIpc) is 3.56. The first-order valence-electron chi connectivity index (χ1n) is 11.6. The Balaban J connectivity index is 1.52. The number of nitrogens with two attached hydrogens (primary N) is 1. The van der Waals surface area contributed by atoms with E-state index in [0.29, 0.717) is 12.5 Å². The van der Waals surface area contributed by atoms with E-state index in [-0.39, 0.29) is 36.1 Å². The maximum absolute atomic E-state index is 13.4. The minimum absolute atomic E-state index is 0.0352. The number of nitrogens with zero attached hydrogens (tertiary/aromatic N) is 3. The average molecular weight is 442 g/mol. The molecule has 0 unspecified atom stereocenters. The summed E-state index contributed by atoms with van der Waals surface area (Å²) in [7, 11) is 4.28. The zero-order chi connectivity index (χ0) is 22.9. The van der Waals surface area contributed by atoms with E-state index >= 15 is 0 Å². The van der Waals surface area contributed by atoms with Gasteiger partial charge in [0.15, 0.2) is 0 Å². The van der Waals surface area contributed by atoms with Gasteiger partial charge in [0.1, 0.15) is 6.54 Å². The number of benzene rings is 1. The van der Waals surface area contributed by atoms with E-state index in [2.05, 4.69) is 53.5 Å². The van der Waals surface area contributed by atoms with Crippen LogP contribution in [0.25, 0.3) is 0 Å². The van der Waals surface area contributed by atoms with Crippen LogP contribution in [0.15, 0.2) is 30.3 Å². The van der Waals surface area contributed by atoms with Crippen molar-refractivity contribution in [1.29, 1.82) is 0 Å². The molecule has 0 radical (unpaired) electrons. The highest BCUT2D eigenvalue weighted by Gasteiger charge is 2.55. The number of amides is 4. The van der Waals surface area contributed by atoms with E-state index in [4.69, 9.17) is 5.73 Å². The second kappa shape index (κ2) is 8.73. The van der Waals surface area contributed by atoms with Gasteiger partial charge in [-0.3, -0.25) is 14.5 Å². The number of urea groups is 1. The Kier molecular flexibility index (Phi) is 6.16. The highest BCUT2D eigenvalue weighted by atomic mass is 16.2. The van der Waals surface area contributed by atoms with Crippen molar-refractivity contribution in [2.24, 2.45) is 11.7 Å². The van der Waals surface area contributed by atoms with Crippen LogP contribution in [0.2, 0.25) is 0 Å². The number of rotatable bonds is 8. The Hall–Kier alpha value is -2.61. The summed E-state index contributed by atoms with van der Waals surface area (Å²) in [4.78, 5) is 42.7. The number of hydrogen-bond donors (Lipinski definition) is 2. The number of carbonyl (C=O) groups is 3. The highest BCUT2D eigenvalue weighted by molar-refractivity contribution is 5.88. The summed E-state index contributed by atoms with van der Waals surface area (Å²) in [6, 6.07) is 10.6. The molecule has 8 nitrogen and oxygen atoms in total. The van der Waals surface area contributed by atoms with Crippen molar-refractivity contribution in [1.82, 2.24) is 20.0 Å². The van der Waals surface area contributed by atoms with Crippen molar-refractivity contribution < 1.29 is 14.4 Å². The van der Waals surface area contributed by atoms with Gasteiger partial charge >= 0.3 is 6.03 Å². The molecule has 0 atom stereocenters. The number of primary amides is 1. The lowest BCUT2D eigenvalue weighted by Gasteiger charge is -2.51. The van der Waals surface area contributed by atoms with E-state index < -0.39 is 5.91 Å². The van der Waals surface area contributed by atoms with E-state index in [1.807, 2.05) is 6.07 Å². The Morgan fingerprint density at radius 3 is 2.34 bits per heavy atom. The molecule has 4 amide bonds. The zero-order valence-electron chi connectivity index (χ0n) is 19.2. The van der Waals surface area contributed by atoms with Crippen LogP contribution in [0.3, 0.4) is 0 Å². The summed E-state index contributed by atoms with van der Waals surface area (Å²) >= 11 is 0. The molecule has 2 saturated carbocycles. The molecule has 32 heavy (non-hydrogen) atoms. The summed E-state index contributed by atoms with van der Waals surface area (Å²) in [5.74, 6) is -0.358. The SMILES string of the molecule is CN(C)C1(c2ccccc2)CCC2(CC1)CN(CC(=O)NCC(N)=O)C(=O)N2CC1CC1. The standard InChI is InChI=1S/C24H35N5O3/c1-27(2)24(19-6-4-3-5-7-19)12-10-23(11-13-24)17-28(16-21(31)26-14-20(25)30)22(32)29(23)15-18-8-9-18/h3-7,18H,8-17H2,1-2H3,(H2,25,30)(H,26,31). The van der Waals surface area contributed by atoms with Crippen molar-refractivity contribution in [2.75, 3.05) is 40.3 Å². The molecule has 2 aliphatic carbocycles. The lowest BCUT2D eigenvalue weighted by atomic mass is 9.68. The molecule has 3 fully saturated rings. The van der Waals surface area contributed by atoms with E-state index in [9.17, 15) is 14.4 Å². The molecule has 1 saturated heterocycles. The van der Waals surface area contributed by atoms with Crippen LogP contribution in [0, 0.1) is 5.92 Å². The minimum Gasteiger partial charge on any atom is -0.368 e. The number of nitrogens with one attached hydrogen (secondary N) is 1. The molecule has 8 heteroatoms. The molecule has 4 rings (SSSR count). The topological polar surface area (TPSA) is 99.0 Å². The van der Waals surface area contributed by atoms with Gasteiger partial charge in [-0.15, -0.1) is 0 Å². The molecular formula is C24H35N5O3. The predicted octanol–water partition coefficient (Wildman–Crippen LogP) is 1.51. The van der Waals surface area contributed by atoms with Crippen LogP contribution in [0.1, 0.15) is 44.1 Å². The molecule has 3 aliphatic rings. The van der Waals surface area contributed by atoms with Crippen LogP contribution in [0.5, 0.6) is 0 Å². The smallest absolute Gasteiger partial charge is 0.321 e. The fraction of sp³-hybridized carbons (Fsp3) is 0.625. The van der Waals surface area contributed by atoms with Crippen LogP contribution < -0.4 is 11.1 Å². The summed E-state index contributed by atoms with van der Waals surface area (Å²) in [6.07, 6.45) is 6.06. The molecule has 0 aromatic heterocycles. The third-order valence-electron chi connectivity index (χ3n) is 7.67. The molecule has 1 heterocycles. The monoisotopic (exact) mass is 441 g/mol. The van der Waals surface area contributed by atoms with Gasteiger partial charge in [0.2, 0.25) is 11.8 Å². The third-order valence-corrected chi connectivity index (χ3v) is 7.67. The van der Waals surface area contributed by atoms with Crippen molar-refractivity contribution >= 4 is 17.8 Å². The van der Waals surface area contributed by atoms with E-state index in [0.717, 1.165) is 32.2 Å². The van der Waals surface area contributed by atoms with Crippen molar-refractivity contribution in [3.05, 3.63) is 35.9 Å². The molecule has 1 aromatic carbocycles. The second-order valence-corrected chi connectivity index (χ2v) is 9.95. The lowest BCUT2D eigenvalue weighted by Crippen LogP contribution is -2.55. The summed E-state index contributed by atoms with van der Waals surface area (Å²) in [5, 5.41) is 2.51. The first-order valence-corrected chi connectivity index (χ1v) is 11.6. The molecule has 1 spiro atoms. The van der Waals surface area contributed by atoms with E-state index in [1.54, 1.807) is 4.90 Å². The summed E-state index contributed by atoms with van der Waals surface area (Å²) < 4.78 is 0. The minimum atomic E-state index is -0.592. The molecule has 3 N–H and O–H groups in total. The Morgan fingerprint density at radius 1 is 1.12 bits per heavy atom. The van der Waals surface area contributed by atoms with Crippen LogP contribution in [-0.4, -0.2) is 78.4 Å². The van der Waals surface area contributed by atoms with E-state index in [1.165, 1.54) is 18.4 Å². The fourth-order valence-electron chi connectivity index (χ4n) is 5.55. The van der Waals surface area contributed by atoms with Crippen LogP contribution >= 0.6 is 0 Å².